The molecule has 0 radical (unpaired) electrons. The topological polar surface area (TPSA) is 113 Å². The fourth-order valence-corrected chi connectivity index (χ4v) is 4.14. The number of piperidine rings is 1. The van der Waals surface area contributed by atoms with Gasteiger partial charge < -0.3 is 21.7 Å². The molecule has 2 aliphatic heterocycles. The van der Waals surface area contributed by atoms with Gasteiger partial charge in [0.2, 0.25) is 17.7 Å². The lowest BCUT2D eigenvalue weighted by molar-refractivity contribution is -0.130. The van der Waals surface area contributed by atoms with Gasteiger partial charge in [-0.2, -0.15) is 0 Å². The number of amides is 3. The summed E-state index contributed by atoms with van der Waals surface area (Å²) in [6, 6.07) is -1.05. The van der Waals surface area contributed by atoms with Crippen LogP contribution >= 0.6 is 12.4 Å². The van der Waals surface area contributed by atoms with Gasteiger partial charge in [0.1, 0.15) is 6.04 Å². The average molecular weight is 345 g/mol. The summed E-state index contributed by atoms with van der Waals surface area (Å²) in [6.07, 6.45) is 0.953. The Morgan fingerprint density at radius 3 is 2.61 bits per heavy atom. The lowest BCUT2D eigenvalue weighted by Crippen LogP contribution is -2.52. The van der Waals surface area contributed by atoms with Gasteiger partial charge >= 0.3 is 0 Å². The molecule has 8 heteroatoms. The third kappa shape index (κ3) is 3.17. The van der Waals surface area contributed by atoms with Crippen molar-refractivity contribution in [3.05, 3.63) is 0 Å². The fraction of sp³-hybridized carbons (Fsp3) is 0.800. The van der Waals surface area contributed by atoms with Gasteiger partial charge in [-0.1, -0.05) is 13.8 Å². The molecule has 3 amide bonds. The van der Waals surface area contributed by atoms with Crippen molar-refractivity contribution in [3.63, 3.8) is 0 Å². The summed E-state index contributed by atoms with van der Waals surface area (Å²) < 4.78 is 0. The van der Waals surface area contributed by atoms with E-state index in [1.807, 2.05) is 0 Å². The van der Waals surface area contributed by atoms with Crippen molar-refractivity contribution in [1.29, 1.82) is 0 Å². The first-order valence-corrected chi connectivity index (χ1v) is 7.93. The minimum absolute atomic E-state index is 0. The third-order valence-corrected chi connectivity index (χ3v) is 5.68. The average Bonchev–Trinajstić information content (AvgIpc) is 2.85. The van der Waals surface area contributed by atoms with E-state index in [1.54, 1.807) is 0 Å². The highest BCUT2D eigenvalue weighted by Gasteiger charge is 2.65. The molecule has 3 aliphatic rings. The van der Waals surface area contributed by atoms with Crippen molar-refractivity contribution in [1.82, 2.24) is 16.0 Å². The molecule has 23 heavy (non-hydrogen) atoms. The van der Waals surface area contributed by atoms with E-state index in [0.29, 0.717) is 24.8 Å². The molecule has 130 valence electrons. The van der Waals surface area contributed by atoms with Crippen LogP contribution in [-0.4, -0.2) is 42.9 Å². The van der Waals surface area contributed by atoms with Crippen LogP contribution in [0, 0.1) is 23.2 Å². The highest BCUT2D eigenvalue weighted by atomic mass is 35.5. The van der Waals surface area contributed by atoms with Crippen molar-refractivity contribution >= 4 is 30.1 Å². The summed E-state index contributed by atoms with van der Waals surface area (Å²) in [4.78, 5) is 35.7. The Morgan fingerprint density at radius 2 is 2.13 bits per heavy atom. The Bertz CT molecular complexity index is 525. The van der Waals surface area contributed by atoms with Crippen LogP contribution in [-0.2, 0) is 14.4 Å². The van der Waals surface area contributed by atoms with Crippen molar-refractivity contribution in [3.8, 4) is 0 Å². The third-order valence-electron chi connectivity index (χ3n) is 5.68. The maximum absolute atomic E-state index is 12.5. The van der Waals surface area contributed by atoms with Crippen molar-refractivity contribution in [2.75, 3.05) is 13.1 Å². The minimum Gasteiger partial charge on any atom is -0.368 e. The molecule has 2 saturated heterocycles. The van der Waals surface area contributed by atoms with E-state index in [1.165, 1.54) is 0 Å². The van der Waals surface area contributed by atoms with Gasteiger partial charge in [-0.25, -0.2) is 0 Å². The molecular weight excluding hydrogens is 320 g/mol. The summed E-state index contributed by atoms with van der Waals surface area (Å²) in [6.45, 7) is 5.78. The second-order valence-electron chi connectivity index (χ2n) is 7.32. The van der Waals surface area contributed by atoms with E-state index < -0.39 is 11.9 Å². The van der Waals surface area contributed by atoms with Crippen LogP contribution in [0.2, 0.25) is 0 Å². The Balaban J connectivity index is 0.00000192. The first-order valence-electron chi connectivity index (χ1n) is 7.93. The number of nitrogens with one attached hydrogen (secondary N) is 3. The van der Waals surface area contributed by atoms with E-state index >= 15 is 0 Å². The van der Waals surface area contributed by atoms with Crippen LogP contribution in [0.5, 0.6) is 0 Å². The Morgan fingerprint density at radius 1 is 1.43 bits per heavy atom. The van der Waals surface area contributed by atoms with E-state index in [9.17, 15) is 14.4 Å². The molecule has 5 N–H and O–H groups in total. The van der Waals surface area contributed by atoms with Crippen molar-refractivity contribution < 1.29 is 14.4 Å². The first kappa shape index (κ1) is 18.0. The number of rotatable bonds is 5. The maximum atomic E-state index is 12.5. The number of carbonyl (C=O) groups excluding carboxylic acids is 3. The molecule has 5 atom stereocenters. The standard InChI is InChI=1S/C15H24N4O3.ClH/c1-15(2)8-6-18-11(10(8)15)14(22)19-9(12(16)20)5-7-3-4-17-13(7)21;/h7-11,18H,3-6H2,1-2H3,(H2,16,20)(H,17,21)(H,19,22);1H/t7-,8-,9?,10-,11-;/m0./s1. The van der Waals surface area contributed by atoms with Crippen LogP contribution in [0.1, 0.15) is 26.7 Å². The molecule has 0 aromatic carbocycles. The number of primary amides is 1. The van der Waals surface area contributed by atoms with Gasteiger partial charge in [0, 0.05) is 12.5 Å². The number of fused-ring (bicyclic) bond motifs is 1. The van der Waals surface area contributed by atoms with Gasteiger partial charge in [-0.05, 0) is 36.6 Å². The number of nitrogens with two attached hydrogens (primary N) is 1. The molecular formula is C15H25ClN4O3. The predicted octanol–water partition coefficient (Wildman–Crippen LogP) is -0.851. The van der Waals surface area contributed by atoms with Gasteiger partial charge in [-0.3, -0.25) is 14.4 Å². The lowest BCUT2D eigenvalue weighted by atomic mass is 9.97. The molecule has 1 aliphatic carbocycles. The zero-order valence-electron chi connectivity index (χ0n) is 13.4. The van der Waals surface area contributed by atoms with Crippen LogP contribution in [0.15, 0.2) is 0 Å². The summed E-state index contributed by atoms with van der Waals surface area (Å²) in [5.74, 6) is -0.244. The lowest BCUT2D eigenvalue weighted by Gasteiger charge is -2.23. The number of hydrogen-bond donors (Lipinski definition) is 4. The predicted molar refractivity (Wildman–Crippen MR) is 86.7 cm³/mol. The van der Waals surface area contributed by atoms with Gasteiger partial charge in [0.15, 0.2) is 0 Å². The van der Waals surface area contributed by atoms with Crippen molar-refractivity contribution in [2.24, 2.45) is 28.9 Å². The normalized spacial score (nSPS) is 34.8. The Labute approximate surface area is 141 Å². The molecule has 0 aromatic heterocycles. The fourth-order valence-electron chi connectivity index (χ4n) is 4.14. The smallest absolute Gasteiger partial charge is 0.240 e. The highest BCUT2D eigenvalue weighted by Crippen LogP contribution is 2.62. The van der Waals surface area contributed by atoms with E-state index in [2.05, 4.69) is 29.8 Å². The number of halogens is 1. The van der Waals surface area contributed by atoms with Crippen LogP contribution in [0.25, 0.3) is 0 Å². The van der Waals surface area contributed by atoms with Crippen LogP contribution < -0.4 is 21.7 Å². The van der Waals surface area contributed by atoms with E-state index in [4.69, 9.17) is 5.73 Å². The molecule has 3 rings (SSSR count). The first-order chi connectivity index (χ1) is 10.3. The summed E-state index contributed by atoms with van der Waals surface area (Å²) in [7, 11) is 0. The van der Waals surface area contributed by atoms with Crippen molar-refractivity contribution in [2.45, 2.75) is 38.8 Å². The number of carbonyl (C=O) groups is 3. The molecule has 0 bridgehead atoms. The molecule has 0 spiro atoms. The molecule has 1 unspecified atom stereocenters. The van der Waals surface area contributed by atoms with E-state index in [0.717, 1.165) is 6.54 Å². The molecule has 7 nitrogen and oxygen atoms in total. The van der Waals surface area contributed by atoms with Crippen LogP contribution in [0.4, 0.5) is 0 Å². The van der Waals surface area contributed by atoms with E-state index in [-0.39, 0.29) is 48.0 Å². The van der Waals surface area contributed by atoms with Gasteiger partial charge in [0.05, 0.1) is 6.04 Å². The monoisotopic (exact) mass is 344 g/mol. The maximum Gasteiger partial charge on any atom is 0.240 e. The summed E-state index contributed by atoms with van der Waals surface area (Å²) in [5, 5.41) is 8.69. The SMILES string of the molecule is CC1(C)[C@@H]2[C@@H](C(=O)NC(C[C@@H]3CCNC3=O)C(N)=O)NC[C@@H]21.Cl. The summed E-state index contributed by atoms with van der Waals surface area (Å²) >= 11 is 0. The Kier molecular flexibility index (Phi) is 4.92. The van der Waals surface area contributed by atoms with Gasteiger partial charge in [0.25, 0.3) is 0 Å². The Hall–Kier alpha value is -1.34. The zero-order valence-corrected chi connectivity index (χ0v) is 14.2. The largest absolute Gasteiger partial charge is 0.368 e. The zero-order chi connectivity index (χ0) is 16.1. The van der Waals surface area contributed by atoms with Gasteiger partial charge in [-0.15, -0.1) is 12.4 Å². The second-order valence-corrected chi connectivity index (χ2v) is 7.32. The second kappa shape index (κ2) is 6.28. The highest BCUT2D eigenvalue weighted by molar-refractivity contribution is 5.90. The summed E-state index contributed by atoms with van der Waals surface area (Å²) in [5.41, 5.74) is 5.58. The molecule has 3 fully saturated rings. The molecule has 1 saturated carbocycles. The number of hydrogen-bond acceptors (Lipinski definition) is 4. The quantitative estimate of drug-likeness (QED) is 0.520. The van der Waals surface area contributed by atoms with Crippen LogP contribution in [0.3, 0.4) is 0 Å². The molecule has 0 aromatic rings. The minimum atomic E-state index is -0.788. The molecule has 2 heterocycles.